The predicted octanol–water partition coefficient (Wildman–Crippen LogP) is 7.56. The number of aryl methyl sites for hydroxylation is 1. The molecule has 4 aromatic rings. The maximum Gasteiger partial charge on any atom is 0.294 e. The van der Waals surface area contributed by atoms with E-state index in [0.717, 1.165) is 24.6 Å². The first kappa shape index (κ1) is 38.2. The number of anilines is 2. The van der Waals surface area contributed by atoms with E-state index in [0.29, 0.717) is 17.7 Å². The third kappa shape index (κ3) is 9.33. The Morgan fingerprint density at radius 3 is 2.24 bits per heavy atom. The molecule has 2 amide bonds. The first-order valence-corrected chi connectivity index (χ1v) is 17.0. The molecule has 0 saturated carbocycles. The molecule has 15 nitrogen and oxygen atoms in total. The van der Waals surface area contributed by atoms with Gasteiger partial charge in [-0.25, -0.2) is 5.26 Å². The fourth-order valence-electron chi connectivity index (χ4n) is 4.50. The van der Waals surface area contributed by atoms with Crippen molar-refractivity contribution >= 4 is 84.9 Å². The highest BCUT2D eigenvalue weighted by atomic mass is 35.5. The van der Waals surface area contributed by atoms with E-state index >= 15 is 0 Å². The number of phenols is 1. The zero-order valence-electron chi connectivity index (χ0n) is 27.0. The van der Waals surface area contributed by atoms with Crippen LogP contribution in [0, 0.1) is 12.3 Å². The molecule has 0 spiro atoms. The number of azo groups is 1. The Morgan fingerprint density at radius 1 is 0.960 bits per heavy atom. The quantitative estimate of drug-likeness (QED) is 0.0237. The molecule has 0 heterocycles. The number of nitrogens with one attached hydrogen (secondary N) is 2. The van der Waals surface area contributed by atoms with Gasteiger partial charge in [0, 0.05) is 17.7 Å². The molecular formula is C32H31ClN4O11S2. The van der Waals surface area contributed by atoms with Crippen LogP contribution in [0.4, 0.5) is 22.7 Å². The van der Waals surface area contributed by atoms with Gasteiger partial charge in [-0.1, -0.05) is 43.5 Å². The largest absolute Gasteiger partial charge is 0.505 e. The van der Waals surface area contributed by atoms with Gasteiger partial charge in [-0.2, -0.15) is 13.5 Å². The molecule has 1 atom stereocenters. The number of phenolic OH excluding ortho intramolecular Hbond substituents is 1. The molecule has 1 unspecified atom stereocenters. The van der Waals surface area contributed by atoms with Crippen LogP contribution >= 0.6 is 23.6 Å². The van der Waals surface area contributed by atoms with Gasteiger partial charge in [0.1, 0.15) is 11.4 Å². The van der Waals surface area contributed by atoms with Crippen LogP contribution < -0.4 is 15.4 Å². The topological polar surface area (TPSA) is 223 Å². The van der Waals surface area contributed by atoms with E-state index in [2.05, 4.69) is 30.2 Å². The van der Waals surface area contributed by atoms with E-state index in [4.69, 9.17) is 21.6 Å². The third-order valence-electron chi connectivity index (χ3n) is 6.84. The maximum absolute atomic E-state index is 13.3. The summed E-state index contributed by atoms with van der Waals surface area (Å²) in [7, 11) is -4.73. The number of carbonyl (C=O) groups is 3. The van der Waals surface area contributed by atoms with Crippen molar-refractivity contribution < 1.29 is 51.8 Å². The van der Waals surface area contributed by atoms with Crippen LogP contribution in [0.2, 0.25) is 5.02 Å². The molecule has 0 aliphatic carbocycles. The van der Waals surface area contributed by atoms with Gasteiger partial charge >= 0.3 is 0 Å². The zero-order chi connectivity index (χ0) is 37.0. The number of fused-ring (bicyclic) bond motifs is 1. The lowest BCUT2D eigenvalue weighted by molar-refractivity contribution is -0.432. The molecule has 4 rings (SSSR count). The zero-order valence-corrected chi connectivity index (χ0v) is 29.4. The summed E-state index contributed by atoms with van der Waals surface area (Å²) in [6.45, 7) is 7.94. The third-order valence-corrected chi connectivity index (χ3v) is 8.62. The highest BCUT2D eigenvalue weighted by molar-refractivity contribution is 7.94. The summed E-state index contributed by atoms with van der Waals surface area (Å²) < 4.78 is 43.8. The van der Waals surface area contributed by atoms with Crippen molar-refractivity contribution in [2.45, 2.75) is 50.5 Å². The highest BCUT2D eigenvalue weighted by Gasteiger charge is 2.37. The Balaban J connectivity index is 1.69. The number of benzene rings is 4. The summed E-state index contributed by atoms with van der Waals surface area (Å²) in [5.74, 6) is -2.26. The Kier molecular flexibility index (Phi) is 11.8. The van der Waals surface area contributed by atoms with Crippen molar-refractivity contribution in [3.8, 4) is 11.5 Å². The molecule has 0 aliphatic heterocycles. The molecule has 0 aliphatic rings. The van der Waals surface area contributed by atoms with Gasteiger partial charge in [0.05, 0.1) is 43.9 Å². The number of amides is 2. The Hall–Kier alpha value is -4.62. The number of hydrogen-bond donors (Lipinski definition) is 5. The van der Waals surface area contributed by atoms with E-state index < -0.39 is 49.9 Å². The Bertz CT molecular complexity index is 2100. The number of halogens is 1. The minimum absolute atomic E-state index is 0.0268. The normalized spacial score (nSPS) is 12.6. The number of aromatic hydroxyl groups is 1. The lowest BCUT2D eigenvalue weighted by atomic mass is 9.87. The van der Waals surface area contributed by atoms with Crippen molar-refractivity contribution in [2.75, 3.05) is 10.6 Å². The van der Waals surface area contributed by atoms with Gasteiger partial charge in [-0.15, -0.1) is 9.45 Å². The number of Topliss-reactive ketones (excluding diaryl/α,β-unsaturated/α-hetero) is 1. The van der Waals surface area contributed by atoms with Crippen LogP contribution in [-0.4, -0.2) is 47.0 Å². The second-order valence-electron chi connectivity index (χ2n) is 11.8. The maximum atomic E-state index is 13.3. The number of hydrogen-bond acceptors (Lipinski definition) is 13. The number of ether oxygens (including phenoxy) is 1. The fraction of sp³-hybridized carbons (Fsp3) is 0.219. The van der Waals surface area contributed by atoms with Crippen molar-refractivity contribution in [2.24, 2.45) is 15.6 Å². The molecule has 0 saturated heterocycles. The second-order valence-corrected chi connectivity index (χ2v) is 14.4. The molecule has 0 fully saturated rings. The van der Waals surface area contributed by atoms with Crippen molar-refractivity contribution in [1.82, 2.24) is 0 Å². The molecule has 5 N–H and O–H groups in total. The van der Waals surface area contributed by atoms with E-state index in [1.807, 2.05) is 6.92 Å². The molecule has 0 aromatic heterocycles. The predicted molar refractivity (Wildman–Crippen MR) is 185 cm³/mol. The summed E-state index contributed by atoms with van der Waals surface area (Å²) >= 11 is 6.62. The highest BCUT2D eigenvalue weighted by Crippen LogP contribution is 2.47. The molecule has 4 aromatic carbocycles. The summed E-state index contributed by atoms with van der Waals surface area (Å²) in [5, 5.41) is 37.2. The fourth-order valence-corrected chi connectivity index (χ4v) is 5.70. The molecule has 0 bridgehead atoms. The summed E-state index contributed by atoms with van der Waals surface area (Å²) in [5.41, 5.74) is 0.0191. The minimum Gasteiger partial charge on any atom is -0.505 e. The number of nitrogens with zero attached hydrogens (tertiary/aromatic N) is 2. The van der Waals surface area contributed by atoms with E-state index in [1.165, 1.54) is 30.3 Å². The van der Waals surface area contributed by atoms with Crippen molar-refractivity contribution in [1.29, 1.82) is 0 Å². The van der Waals surface area contributed by atoms with Crippen LogP contribution in [0.3, 0.4) is 0 Å². The van der Waals surface area contributed by atoms with Gasteiger partial charge in [0.2, 0.25) is 12.0 Å². The van der Waals surface area contributed by atoms with Crippen LogP contribution in [0.1, 0.15) is 33.3 Å². The Labute approximate surface area is 295 Å². The van der Waals surface area contributed by atoms with Gasteiger partial charge < -0.3 is 20.5 Å². The van der Waals surface area contributed by atoms with Crippen LogP contribution in [0.15, 0.2) is 80.7 Å². The second kappa shape index (κ2) is 15.5. The van der Waals surface area contributed by atoms with Crippen molar-refractivity contribution in [3.63, 3.8) is 0 Å². The molecule has 264 valence electrons. The first-order valence-electron chi connectivity index (χ1n) is 14.4. The summed E-state index contributed by atoms with van der Waals surface area (Å²) in [6.07, 6.45) is -1.54. The minimum atomic E-state index is -4.73. The van der Waals surface area contributed by atoms with Gasteiger partial charge in [-0.3, -0.25) is 18.9 Å². The lowest BCUT2D eigenvalue weighted by Gasteiger charge is -2.25. The number of rotatable bonds is 12. The summed E-state index contributed by atoms with van der Waals surface area (Å²) in [4.78, 5) is 37.9. The average molecular weight is 747 g/mol. The van der Waals surface area contributed by atoms with E-state index in [9.17, 15) is 32.5 Å². The lowest BCUT2D eigenvalue weighted by Crippen LogP contribution is -2.45. The monoisotopic (exact) mass is 746 g/mol. The van der Waals surface area contributed by atoms with Crippen LogP contribution in [0.5, 0.6) is 11.5 Å². The Morgan fingerprint density at radius 2 is 1.64 bits per heavy atom. The number of carbonyl (C=O) groups excluding carboxylic acids is 3. The summed E-state index contributed by atoms with van der Waals surface area (Å²) in [6, 6.07) is 14.1. The molecule has 18 heteroatoms. The first-order chi connectivity index (χ1) is 23.4. The smallest absolute Gasteiger partial charge is 0.294 e. The SMILES string of the molecule is CC(=O)Nc1cc(S(=O)(=O)O)cc2cc(SOOO)c(N=Nc3ccc(OC(C(=O)Nc4cc(C)ccc4Cl)C(=O)C(C)(C)C)cc3)c(O)c12. The molecule has 50 heavy (non-hydrogen) atoms. The van der Waals surface area contributed by atoms with Crippen LogP contribution in [-0.2, 0) is 33.9 Å². The average Bonchev–Trinajstić information content (AvgIpc) is 3.02. The van der Waals surface area contributed by atoms with Gasteiger partial charge in [0.25, 0.3) is 16.0 Å². The van der Waals surface area contributed by atoms with Gasteiger partial charge in [0.15, 0.2) is 11.5 Å². The molecular weight excluding hydrogens is 716 g/mol. The number of ketones is 1. The van der Waals surface area contributed by atoms with Crippen LogP contribution in [0.25, 0.3) is 10.8 Å². The van der Waals surface area contributed by atoms with E-state index in [-0.39, 0.29) is 43.5 Å². The van der Waals surface area contributed by atoms with Crippen molar-refractivity contribution in [3.05, 3.63) is 71.2 Å². The molecule has 0 radical (unpaired) electrons. The van der Waals surface area contributed by atoms with E-state index in [1.54, 1.807) is 39.0 Å². The van der Waals surface area contributed by atoms with Gasteiger partial charge in [-0.05, 0) is 72.5 Å². The standard InChI is InChI=1S/C32H31ClN4O11S2/c1-16-6-11-22(33)23(12-16)35-31(41)29(30(40)32(3,4)5)46-20-9-7-19(8-10-20)36-37-27-25(49-48-47-42)14-18-13-21(50(43,44)45)15-24(34-17(2)38)26(18)28(27)39/h6-15,29,39,42H,1-5H3,(H,34,38)(H,35,41)(H,43,44,45).